The van der Waals surface area contributed by atoms with Crippen molar-refractivity contribution in [3.05, 3.63) is 65.7 Å². The number of allylic oxidation sites excluding steroid dienone is 5. The zero-order valence-electron chi connectivity index (χ0n) is 8.37. The molecule has 2 N–H and O–H groups in total. The Morgan fingerprint density at radius 3 is 1.73 bits per heavy atom. The predicted octanol–water partition coefficient (Wildman–Crippen LogP) is 3.15. The summed E-state index contributed by atoms with van der Waals surface area (Å²) in [6, 6.07) is 8.24. The van der Waals surface area contributed by atoms with E-state index in [2.05, 4.69) is 19.1 Å². The summed E-state index contributed by atoms with van der Waals surface area (Å²) in [6.45, 7) is 2.08. The molecular weight excluding hydrogens is 232 g/mol. The van der Waals surface area contributed by atoms with Crippen LogP contribution in [0.2, 0.25) is 0 Å². The third-order valence-corrected chi connectivity index (χ3v) is 1.75. The summed E-state index contributed by atoms with van der Waals surface area (Å²) in [5.41, 5.74) is 1.81. The second-order valence-corrected chi connectivity index (χ2v) is 2.96. The van der Waals surface area contributed by atoms with E-state index in [-0.39, 0.29) is 17.1 Å². The van der Waals surface area contributed by atoms with Crippen LogP contribution < -0.4 is 0 Å². The molecule has 1 aliphatic rings. The van der Waals surface area contributed by atoms with E-state index < -0.39 is 5.95 Å². The second kappa shape index (κ2) is 7.04. The van der Waals surface area contributed by atoms with Crippen LogP contribution in [-0.2, 0) is 17.1 Å². The molecule has 0 amide bonds. The quantitative estimate of drug-likeness (QED) is 0.418. The molecule has 0 atom stereocenters. The minimum Gasteiger partial charge on any atom is -0.481 e. The minimum absolute atomic E-state index is 0. The van der Waals surface area contributed by atoms with Crippen LogP contribution in [0.5, 0.6) is 0 Å². The average molecular weight is 245 g/mol. The zero-order chi connectivity index (χ0) is 10.4. The van der Waals surface area contributed by atoms with Crippen LogP contribution in [0.1, 0.15) is 5.56 Å². The van der Waals surface area contributed by atoms with Gasteiger partial charge in [-0.25, -0.2) is 12.1 Å². The predicted molar refractivity (Wildman–Crippen MR) is 57.3 cm³/mol. The molecule has 15 heavy (non-hydrogen) atoms. The Balaban J connectivity index is 0.000000253. The van der Waals surface area contributed by atoms with Gasteiger partial charge in [0.1, 0.15) is 0 Å². The average Bonchev–Trinajstić information content (AvgIpc) is 2.75. The number of aliphatic hydroxyl groups excluding tert-OH is 1. The monoisotopic (exact) mass is 245 g/mol. The SMILES string of the molecule is C[c-]1cccc1.OC(O)=C1C=CC=C1.[Fe]. The van der Waals surface area contributed by atoms with Crippen molar-refractivity contribution in [2.24, 2.45) is 0 Å². The summed E-state index contributed by atoms with van der Waals surface area (Å²) < 4.78 is 0. The number of hydrogen-bond donors (Lipinski definition) is 2. The Labute approximate surface area is 100 Å². The summed E-state index contributed by atoms with van der Waals surface area (Å²) >= 11 is 0. The molecule has 0 radical (unpaired) electrons. The largest absolute Gasteiger partial charge is 0.481 e. The van der Waals surface area contributed by atoms with E-state index >= 15 is 0 Å². The molecule has 0 heterocycles. The fourth-order valence-corrected chi connectivity index (χ4v) is 0.993. The van der Waals surface area contributed by atoms with Crippen molar-refractivity contribution in [2.45, 2.75) is 6.92 Å². The normalized spacial score (nSPS) is 11.7. The van der Waals surface area contributed by atoms with Crippen LogP contribution in [0.4, 0.5) is 0 Å². The Bertz CT molecular complexity index is 341. The Hall–Kier alpha value is -1.31. The fourth-order valence-electron chi connectivity index (χ4n) is 0.993. The van der Waals surface area contributed by atoms with Gasteiger partial charge in [-0.2, -0.15) is 17.7 Å². The van der Waals surface area contributed by atoms with Crippen molar-refractivity contribution in [2.75, 3.05) is 0 Å². The zero-order valence-corrected chi connectivity index (χ0v) is 9.47. The number of rotatable bonds is 0. The Kier molecular flexibility index (Phi) is 6.43. The van der Waals surface area contributed by atoms with Gasteiger partial charge in [-0.05, 0) is 12.2 Å². The first-order valence-corrected chi connectivity index (χ1v) is 4.35. The second-order valence-electron chi connectivity index (χ2n) is 2.96. The van der Waals surface area contributed by atoms with Gasteiger partial charge in [0.15, 0.2) is 0 Å². The molecule has 0 aliphatic heterocycles. The molecule has 0 saturated carbocycles. The van der Waals surface area contributed by atoms with E-state index in [1.165, 1.54) is 5.56 Å². The third-order valence-electron chi connectivity index (χ3n) is 1.75. The van der Waals surface area contributed by atoms with Crippen molar-refractivity contribution < 1.29 is 27.3 Å². The van der Waals surface area contributed by atoms with Crippen molar-refractivity contribution in [3.8, 4) is 0 Å². The van der Waals surface area contributed by atoms with Gasteiger partial charge in [-0.15, -0.1) is 0 Å². The van der Waals surface area contributed by atoms with Crippen LogP contribution in [0.15, 0.2) is 60.1 Å². The van der Waals surface area contributed by atoms with Gasteiger partial charge in [-0.1, -0.05) is 19.1 Å². The van der Waals surface area contributed by atoms with E-state index in [4.69, 9.17) is 10.2 Å². The molecular formula is C12H13FeO2-. The molecule has 1 aromatic carbocycles. The molecule has 0 unspecified atom stereocenters. The summed E-state index contributed by atoms with van der Waals surface area (Å²) in [4.78, 5) is 0. The molecule has 2 rings (SSSR count). The topological polar surface area (TPSA) is 40.5 Å². The van der Waals surface area contributed by atoms with Gasteiger partial charge in [0.2, 0.25) is 0 Å². The molecule has 2 nitrogen and oxygen atoms in total. The van der Waals surface area contributed by atoms with E-state index in [1.54, 1.807) is 24.3 Å². The Morgan fingerprint density at radius 1 is 1.07 bits per heavy atom. The first kappa shape index (κ1) is 13.7. The maximum Gasteiger partial charge on any atom is 0.281 e. The first-order valence-electron chi connectivity index (χ1n) is 4.35. The number of hydrogen-bond acceptors (Lipinski definition) is 2. The van der Waals surface area contributed by atoms with Crippen molar-refractivity contribution in [1.29, 1.82) is 0 Å². The minimum atomic E-state index is -0.616. The Morgan fingerprint density at radius 2 is 1.53 bits per heavy atom. The van der Waals surface area contributed by atoms with Crippen LogP contribution in [0.3, 0.4) is 0 Å². The van der Waals surface area contributed by atoms with Crippen molar-refractivity contribution >= 4 is 0 Å². The van der Waals surface area contributed by atoms with Crippen LogP contribution in [-0.4, -0.2) is 10.2 Å². The molecule has 82 valence electrons. The van der Waals surface area contributed by atoms with E-state index in [0.717, 1.165) is 0 Å². The standard InChI is InChI=1S/C6H6O2.C6H7.Fe/c7-6(8)5-3-1-2-4-5;1-6-4-2-3-5-6;/h1-4,7-8H;2-5H,1H3;/q;-1;. The fraction of sp³-hybridized carbons (Fsp3) is 0.0833. The van der Waals surface area contributed by atoms with Crippen LogP contribution in [0, 0.1) is 6.92 Å². The summed E-state index contributed by atoms with van der Waals surface area (Å²) in [5, 5.41) is 16.8. The number of aryl methyl sites for hydroxylation is 1. The molecule has 1 aliphatic carbocycles. The molecule has 0 saturated heterocycles. The van der Waals surface area contributed by atoms with Gasteiger partial charge in [0, 0.05) is 17.1 Å². The maximum absolute atomic E-state index is 8.38. The molecule has 0 fully saturated rings. The van der Waals surface area contributed by atoms with Crippen LogP contribution >= 0.6 is 0 Å². The van der Waals surface area contributed by atoms with E-state index in [1.807, 2.05) is 12.1 Å². The molecule has 0 bridgehead atoms. The van der Waals surface area contributed by atoms with Gasteiger partial charge in [-0.3, -0.25) is 0 Å². The summed E-state index contributed by atoms with van der Waals surface area (Å²) in [7, 11) is 0. The van der Waals surface area contributed by atoms with Gasteiger partial charge in [0.25, 0.3) is 5.95 Å². The molecule has 0 aromatic heterocycles. The maximum atomic E-state index is 8.38. The van der Waals surface area contributed by atoms with Gasteiger partial charge >= 0.3 is 0 Å². The van der Waals surface area contributed by atoms with Gasteiger partial charge < -0.3 is 10.2 Å². The van der Waals surface area contributed by atoms with Crippen LogP contribution in [0.25, 0.3) is 0 Å². The summed E-state index contributed by atoms with van der Waals surface area (Å²) in [5.74, 6) is -0.616. The van der Waals surface area contributed by atoms with Gasteiger partial charge in [0.05, 0.1) is 5.57 Å². The van der Waals surface area contributed by atoms with E-state index in [9.17, 15) is 0 Å². The molecule has 1 aromatic rings. The third kappa shape index (κ3) is 5.21. The molecule has 0 spiro atoms. The molecule has 3 heteroatoms. The number of aliphatic hydroxyl groups is 2. The van der Waals surface area contributed by atoms with E-state index in [0.29, 0.717) is 5.57 Å². The van der Waals surface area contributed by atoms with Crippen molar-refractivity contribution in [3.63, 3.8) is 0 Å². The first-order chi connectivity index (χ1) is 6.70. The van der Waals surface area contributed by atoms with Crippen molar-refractivity contribution in [1.82, 2.24) is 0 Å². The summed E-state index contributed by atoms with van der Waals surface area (Å²) in [6.07, 6.45) is 6.72. The smallest absolute Gasteiger partial charge is 0.281 e.